The molecule has 0 bridgehead atoms. The molecule has 0 unspecified atom stereocenters. The van der Waals surface area contributed by atoms with E-state index in [9.17, 15) is 0 Å². The molecule has 0 fully saturated rings. The molecular formula is C10H17N3OS. The number of hydrogen-bond acceptors (Lipinski definition) is 5. The first kappa shape index (κ1) is 12.2. The molecule has 1 aromatic rings. The molecule has 0 amide bonds. The van der Waals surface area contributed by atoms with E-state index in [1.807, 2.05) is 12.3 Å². The molecular weight excluding hydrogens is 210 g/mol. The highest BCUT2D eigenvalue weighted by atomic mass is 32.1. The molecule has 84 valence electrons. The first-order valence-electron chi connectivity index (χ1n) is 4.78. The highest BCUT2D eigenvalue weighted by Crippen LogP contribution is 2.16. The summed E-state index contributed by atoms with van der Waals surface area (Å²) in [7, 11) is 1.71. The van der Waals surface area contributed by atoms with Crippen LogP contribution in [0.1, 0.15) is 4.88 Å². The van der Waals surface area contributed by atoms with Crippen LogP contribution >= 0.6 is 11.3 Å². The number of rotatable bonds is 7. The minimum Gasteiger partial charge on any atom is -0.383 e. The molecule has 0 aliphatic carbocycles. The van der Waals surface area contributed by atoms with Crippen molar-refractivity contribution in [2.24, 2.45) is 0 Å². The maximum absolute atomic E-state index is 5.57. The summed E-state index contributed by atoms with van der Waals surface area (Å²) >= 11 is 1.53. The lowest BCUT2D eigenvalue weighted by atomic mass is 10.4. The van der Waals surface area contributed by atoms with Gasteiger partial charge in [-0.3, -0.25) is 4.90 Å². The van der Waals surface area contributed by atoms with Crippen molar-refractivity contribution >= 4 is 16.5 Å². The average Bonchev–Trinajstić information content (AvgIpc) is 2.61. The van der Waals surface area contributed by atoms with Gasteiger partial charge in [0.2, 0.25) is 0 Å². The number of aromatic nitrogens is 1. The molecule has 1 aromatic heterocycles. The molecule has 0 saturated heterocycles. The lowest BCUT2D eigenvalue weighted by Gasteiger charge is -2.18. The second-order valence-electron chi connectivity index (χ2n) is 3.18. The second kappa shape index (κ2) is 6.55. The van der Waals surface area contributed by atoms with Gasteiger partial charge in [-0.25, -0.2) is 4.98 Å². The molecule has 0 aliphatic heterocycles. The third-order valence-corrected chi connectivity index (χ3v) is 2.76. The van der Waals surface area contributed by atoms with Gasteiger partial charge in [0.25, 0.3) is 0 Å². The topological polar surface area (TPSA) is 51.4 Å². The van der Waals surface area contributed by atoms with Gasteiger partial charge in [-0.1, -0.05) is 6.08 Å². The van der Waals surface area contributed by atoms with Crippen molar-refractivity contribution in [2.45, 2.75) is 6.54 Å². The molecule has 2 N–H and O–H groups in total. The minimum absolute atomic E-state index is 0.621. The Morgan fingerprint density at radius 3 is 3.07 bits per heavy atom. The average molecular weight is 227 g/mol. The fraction of sp³-hybridized carbons (Fsp3) is 0.500. The maximum atomic E-state index is 5.57. The number of anilines is 1. The number of methoxy groups -OCH3 is 1. The van der Waals surface area contributed by atoms with E-state index in [1.165, 1.54) is 16.2 Å². The number of thiazole rings is 1. The Hall–Kier alpha value is -0.910. The van der Waals surface area contributed by atoms with E-state index in [4.69, 9.17) is 10.5 Å². The number of ether oxygens (including phenoxy) is 1. The van der Waals surface area contributed by atoms with Crippen molar-refractivity contribution in [3.63, 3.8) is 0 Å². The largest absolute Gasteiger partial charge is 0.383 e. The van der Waals surface area contributed by atoms with Crippen molar-refractivity contribution in [1.82, 2.24) is 9.88 Å². The van der Waals surface area contributed by atoms with Gasteiger partial charge in [0.05, 0.1) is 6.61 Å². The summed E-state index contributed by atoms with van der Waals surface area (Å²) in [6.45, 7) is 7.05. The zero-order valence-electron chi connectivity index (χ0n) is 8.98. The van der Waals surface area contributed by atoms with Gasteiger partial charge in [0, 0.05) is 37.8 Å². The summed E-state index contributed by atoms with van der Waals surface area (Å²) < 4.78 is 5.05. The van der Waals surface area contributed by atoms with E-state index in [1.54, 1.807) is 7.11 Å². The predicted octanol–water partition coefficient (Wildman–Crippen LogP) is 1.36. The van der Waals surface area contributed by atoms with E-state index in [0.717, 1.165) is 26.2 Å². The van der Waals surface area contributed by atoms with E-state index in [2.05, 4.69) is 16.5 Å². The van der Waals surface area contributed by atoms with Crippen molar-refractivity contribution in [1.29, 1.82) is 0 Å². The Bertz CT molecular complexity index is 301. The summed E-state index contributed by atoms with van der Waals surface area (Å²) in [4.78, 5) is 7.43. The summed E-state index contributed by atoms with van der Waals surface area (Å²) in [6.07, 6.45) is 3.71. The zero-order valence-corrected chi connectivity index (χ0v) is 9.80. The van der Waals surface area contributed by atoms with Crippen LogP contribution in [-0.2, 0) is 11.3 Å². The monoisotopic (exact) mass is 227 g/mol. The van der Waals surface area contributed by atoms with Crippen LogP contribution in [0.2, 0.25) is 0 Å². The highest BCUT2D eigenvalue weighted by Gasteiger charge is 2.06. The van der Waals surface area contributed by atoms with Crippen LogP contribution in [0.3, 0.4) is 0 Å². The standard InChI is InChI=1S/C10H17N3OS/c1-3-4-13(5-6-14-2)8-9-7-12-10(11)15-9/h3,7H,1,4-6,8H2,2H3,(H2,11,12). The van der Waals surface area contributed by atoms with Gasteiger partial charge in [0.1, 0.15) is 0 Å². The molecule has 0 saturated carbocycles. The van der Waals surface area contributed by atoms with Crippen LogP contribution in [0.15, 0.2) is 18.9 Å². The quantitative estimate of drug-likeness (QED) is 0.715. The summed E-state index contributed by atoms with van der Waals surface area (Å²) in [6, 6.07) is 0. The molecule has 0 aliphatic rings. The molecule has 0 spiro atoms. The molecule has 0 aromatic carbocycles. The lowest BCUT2D eigenvalue weighted by molar-refractivity contribution is 0.151. The summed E-state index contributed by atoms with van der Waals surface area (Å²) in [5.41, 5.74) is 5.57. The Balaban J connectivity index is 2.46. The Labute approximate surface area is 94.4 Å². The first-order valence-corrected chi connectivity index (χ1v) is 5.60. The smallest absolute Gasteiger partial charge is 0.180 e. The van der Waals surface area contributed by atoms with Gasteiger partial charge in [-0.05, 0) is 0 Å². The van der Waals surface area contributed by atoms with E-state index >= 15 is 0 Å². The Morgan fingerprint density at radius 1 is 1.73 bits per heavy atom. The van der Waals surface area contributed by atoms with Crippen LogP contribution in [0.25, 0.3) is 0 Å². The molecule has 0 radical (unpaired) electrons. The highest BCUT2D eigenvalue weighted by molar-refractivity contribution is 7.15. The van der Waals surface area contributed by atoms with Crippen LogP contribution in [0.5, 0.6) is 0 Å². The number of hydrogen-bond donors (Lipinski definition) is 1. The molecule has 1 heterocycles. The summed E-state index contributed by atoms with van der Waals surface area (Å²) in [5.74, 6) is 0. The maximum Gasteiger partial charge on any atom is 0.180 e. The molecule has 4 nitrogen and oxygen atoms in total. The van der Waals surface area contributed by atoms with Gasteiger partial charge >= 0.3 is 0 Å². The lowest BCUT2D eigenvalue weighted by Crippen LogP contribution is -2.26. The Morgan fingerprint density at radius 2 is 2.53 bits per heavy atom. The fourth-order valence-corrected chi connectivity index (χ4v) is 1.98. The van der Waals surface area contributed by atoms with Crippen LogP contribution in [0, 0.1) is 0 Å². The fourth-order valence-electron chi connectivity index (χ4n) is 1.25. The van der Waals surface area contributed by atoms with Crippen LogP contribution in [0.4, 0.5) is 5.13 Å². The van der Waals surface area contributed by atoms with Crippen LogP contribution in [-0.4, -0.2) is 36.7 Å². The van der Waals surface area contributed by atoms with Crippen molar-refractivity contribution < 1.29 is 4.74 Å². The molecule has 0 atom stereocenters. The van der Waals surface area contributed by atoms with Crippen molar-refractivity contribution in [2.75, 3.05) is 32.5 Å². The van der Waals surface area contributed by atoms with Gasteiger partial charge in [-0.15, -0.1) is 17.9 Å². The second-order valence-corrected chi connectivity index (χ2v) is 4.33. The third-order valence-electron chi connectivity index (χ3n) is 1.95. The molecule has 15 heavy (non-hydrogen) atoms. The normalized spacial score (nSPS) is 10.8. The SMILES string of the molecule is C=CCN(CCOC)Cc1cnc(N)s1. The van der Waals surface area contributed by atoms with Crippen molar-refractivity contribution in [3.05, 3.63) is 23.7 Å². The van der Waals surface area contributed by atoms with E-state index in [0.29, 0.717) is 5.13 Å². The van der Waals surface area contributed by atoms with Crippen molar-refractivity contribution in [3.8, 4) is 0 Å². The van der Waals surface area contributed by atoms with E-state index in [-0.39, 0.29) is 0 Å². The number of nitrogen functional groups attached to an aromatic ring is 1. The molecule has 1 rings (SSSR count). The third kappa shape index (κ3) is 4.42. The zero-order chi connectivity index (χ0) is 11.1. The van der Waals surface area contributed by atoms with Gasteiger partial charge in [-0.2, -0.15) is 0 Å². The molecule has 5 heteroatoms. The van der Waals surface area contributed by atoms with Gasteiger partial charge < -0.3 is 10.5 Å². The Kier molecular flexibility index (Phi) is 5.31. The van der Waals surface area contributed by atoms with E-state index < -0.39 is 0 Å². The van der Waals surface area contributed by atoms with Crippen LogP contribution < -0.4 is 5.73 Å². The number of nitrogens with two attached hydrogens (primary N) is 1. The summed E-state index contributed by atoms with van der Waals surface area (Å²) in [5, 5.41) is 0.621. The van der Waals surface area contributed by atoms with Gasteiger partial charge in [0.15, 0.2) is 5.13 Å². The predicted molar refractivity (Wildman–Crippen MR) is 63.9 cm³/mol. The number of nitrogens with zero attached hydrogens (tertiary/aromatic N) is 2. The minimum atomic E-state index is 0.621. The first-order chi connectivity index (χ1) is 7.26.